The Morgan fingerprint density at radius 2 is 2.58 bits per heavy atom. The van der Waals surface area contributed by atoms with E-state index in [1.54, 1.807) is 11.8 Å². The molecule has 0 aromatic rings. The Labute approximate surface area is 77.4 Å². The van der Waals surface area contributed by atoms with Crippen LogP contribution in [0, 0.1) is 5.92 Å². The number of rotatable bonds is 3. The van der Waals surface area contributed by atoms with Gasteiger partial charge in [-0.15, -0.1) is 11.8 Å². The van der Waals surface area contributed by atoms with Gasteiger partial charge in [0.2, 0.25) is 0 Å². The van der Waals surface area contributed by atoms with Crippen LogP contribution in [-0.4, -0.2) is 18.3 Å². The lowest BCUT2D eigenvalue weighted by Crippen LogP contribution is -2.17. The Balaban J connectivity index is 2.28. The number of hydrogen-bond donors (Lipinski definition) is 0. The van der Waals surface area contributed by atoms with Crippen LogP contribution in [0.25, 0.3) is 0 Å². The van der Waals surface area contributed by atoms with Crippen LogP contribution in [0.4, 0.5) is 0 Å². The summed E-state index contributed by atoms with van der Waals surface area (Å²) in [6.07, 6.45) is 1.69. The summed E-state index contributed by atoms with van der Waals surface area (Å²) in [5.74, 6) is 0.860. The maximum absolute atomic E-state index is 11.3. The lowest BCUT2D eigenvalue weighted by Gasteiger charge is -2.06. The van der Waals surface area contributed by atoms with E-state index >= 15 is 0 Å². The molecule has 1 aliphatic rings. The highest BCUT2D eigenvalue weighted by Gasteiger charge is 2.26. The smallest absolute Gasteiger partial charge is 0.310 e. The second-order valence-electron chi connectivity index (χ2n) is 2.92. The molecule has 1 rings (SSSR count). The second-order valence-corrected chi connectivity index (χ2v) is 4.12. The Morgan fingerprint density at radius 3 is 3.08 bits per heavy atom. The van der Waals surface area contributed by atoms with E-state index in [0.717, 1.165) is 23.5 Å². The molecule has 0 aromatic heterocycles. The van der Waals surface area contributed by atoms with Crippen molar-refractivity contribution in [2.75, 3.05) is 12.4 Å². The highest BCUT2D eigenvalue weighted by Crippen LogP contribution is 2.33. The molecule has 0 saturated carbocycles. The van der Waals surface area contributed by atoms with Crippen molar-refractivity contribution in [3.8, 4) is 0 Å². The minimum atomic E-state index is -0.0528. The van der Waals surface area contributed by atoms with Crippen molar-refractivity contribution in [1.82, 2.24) is 0 Å². The molecule has 0 bridgehead atoms. The van der Waals surface area contributed by atoms with Gasteiger partial charge in [-0.3, -0.25) is 4.79 Å². The molecule has 1 aliphatic heterocycles. The van der Waals surface area contributed by atoms with Crippen LogP contribution in [0.15, 0.2) is 11.5 Å². The van der Waals surface area contributed by atoms with E-state index in [-0.39, 0.29) is 11.9 Å². The molecule has 3 heteroatoms. The zero-order chi connectivity index (χ0) is 8.97. The Hall–Kier alpha value is -0.440. The number of carbonyl (C=O) groups is 1. The van der Waals surface area contributed by atoms with E-state index < -0.39 is 0 Å². The Kier molecular flexibility index (Phi) is 3.66. The first-order chi connectivity index (χ1) is 5.74. The summed E-state index contributed by atoms with van der Waals surface area (Å²) in [6.45, 7) is 6.37. The van der Waals surface area contributed by atoms with Crippen molar-refractivity contribution < 1.29 is 9.53 Å². The summed E-state index contributed by atoms with van der Waals surface area (Å²) in [5.41, 5.74) is 0. The normalized spacial score (nSPS) is 22.8. The summed E-state index contributed by atoms with van der Waals surface area (Å²) in [4.78, 5) is 12.4. The average Bonchev–Trinajstić information content (AvgIpc) is 2.47. The number of hydrogen-bond acceptors (Lipinski definition) is 3. The van der Waals surface area contributed by atoms with Crippen molar-refractivity contribution in [2.45, 2.75) is 19.8 Å². The van der Waals surface area contributed by atoms with E-state index in [1.165, 1.54) is 0 Å². The fourth-order valence-corrected chi connectivity index (χ4v) is 2.09. The van der Waals surface area contributed by atoms with Crippen molar-refractivity contribution in [2.24, 2.45) is 5.92 Å². The monoisotopic (exact) mass is 186 g/mol. The molecule has 1 heterocycles. The molecule has 0 aliphatic carbocycles. The lowest BCUT2D eigenvalue weighted by atomic mass is 10.1. The highest BCUT2D eigenvalue weighted by atomic mass is 32.2. The summed E-state index contributed by atoms with van der Waals surface area (Å²) >= 11 is 1.67. The van der Waals surface area contributed by atoms with Gasteiger partial charge in [0.05, 0.1) is 12.5 Å². The van der Waals surface area contributed by atoms with Gasteiger partial charge in [0, 0.05) is 5.75 Å². The molecule has 12 heavy (non-hydrogen) atoms. The van der Waals surface area contributed by atoms with Crippen LogP contribution in [0.1, 0.15) is 19.8 Å². The molecule has 0 amide bonds. The Bertz CT molecular complexity index is 189. The molecule has 1 fully saturated rings. The molecule has 0 radical (unpaired) electrons. The van der Waals surface area contributed by atoms with E-state index in [1.807, 2.05) is 6.92 Å². The van der Waals surface area contributed by atoms with Crippen LogP contribution < -0.4 is 0 Å². The van der Waals surface area contributed by atoms with E-state index in [2.05, 4.69) is 6.58 Å². The van der Waals surface area contributed by atoms with Crippen LogP contribution >= 0.6 is 11.8 Å². The first-order valence-electron chi connectivity index (χ1n) is 4.21. The number of esters is 1. The fraction of sp³-hybridized carbons (Fsp3) is 0.667. The molecule has 0 unspecified atom stereocenters. The van der Waals surface area contributed by atoms with Crippen LogP contribution in [0.3, 0.4) is 0 Å². The van der Waals surface area contributed by atoms with Crippen LogP contribution in [0.5, 0.6) is 0 Å². The van der Waals surface area contributed by atoms with E-state index in [4.69, 9.17) is 4.74 Å². The molecular weight excluding hydrogens is 172 g/mol. The van der Waals surface area contributed by atoms with Crippen molar-refractivity contribution in [3.63, 3.8) is 0 Å². The van der Waals surface area contributed by atoms with Gasteiger partial charge in [-0.1, -0.05) is 13.5 Å². The standard InChI is InChI=1S/C9H14O2S/c1-3-4-11-9(10)8-5-7(2)12-6-8/h8H,2-6H2,1H3/t8-/m0/s1. The van der Waals surface area contributed by atoms with Crippen LogP contribution in [0.2, 0.25) is 0 Å². The number of carbonyl (C=O) groups excluding carboxylic acids is 1. The number of allylic oxidation sites excluding steroid dienone is 1. The molecular formula is C9H14O2S. The quantitative estimate of drug-likeness (QED) is 0.632. The van der Waals surface area contributed by atoms with Crippen molar-refractivity contribution >= 4 is 17.7 Å². The number of thioether (sulfide) groups is 1. The van der Waals surface area contributed by atoms with Gasteiger partial charge < -0.3 is 4.74 Å². The summed E-state index contributed by atoms with van der Waals surface area (Å²) in [6, 6.07) is 0. The van der Waals surface area contributed by atoms with Gasteiger partial charge in [0.1, 0.15) is 0 Å². The van der Waals surface area contributed by atoms with Gasteiger partial charge >= 0.3 is 5.97 Å². The topological polar surface area (TPSA) is 26.3 Å². The summed E-state index contributed by atoms with van der Waals surface area (Å²) in [5, 5.41) is 0. The molecule has 0 N–H and O–H groups in total. The minimum absolute atomic E-state index is 0.0528. The maximum atomic E-state index is 11.3. The third-order valence-corrected chi connectivity index (χ3v) is 2.89. The van der Waals surface area contributed by atoms with Crippen molar-refractivity contribution in [1.29, 1.82) is 0 Å². The first kappa shape index (κ1) is 9.65. The zero-order valence-corrected chi connectivity index (χ0v) is 8.15. The van der Waals surface area contributed by atoms with E-state index in [0.29, 0.717) is 6.61 Å². The van der Waals surface area contributed by atoms with Crippen LogP contribution in [-0.2, 0) is 9.53 Å². The molecule has 68 valence electrons. The number of ether oxygens (including phenoxy) is 1. The molecule has 1 atom stereocenters. The second kappa shape index (κ2) is 4.55. The molecule has 2 nitrogen and oxygen atoms in total. The van der Waals surface area contributed by atoms with Gasteiger partial charge in [0.15, 0.2) is 0 Å². The third kappa shape index (κ3) is 2.55. The predicted octanol–water partition coefficient (Wildman–Crippen LogP) is 2.21. The zero-order valence-electron chi connectivity index (χ0n) is 7.34. The maximum Gasteiger partial charge on any atom is 0.310 e. The highest BCUT2D eigenvalue weighted by molar-refractivity contribution is 8.03. The van der Waals surface area contributed by atoms with Gasteiger partial charge in [0.25, 0.3) is 0 Å². The van der Waals surface area contributed by atoms with E-state index in [9.17, 15) is 4.79 Å². The summed E-state index contributed by atoms with van der Waals surface area (Å²) in [7, 11) is 0. The van der Waals surface area contributed by atoms with Gasteiger partial charge in [-0.25, -0.2) is 0 Å². The van der Waals surface area contributed by atoms with Gasteiger partial charge in [-0.05, 0) is 17.7 Å². The summed E-state index contributed by atoms with van der Waals surface area (Å²) < 4.78 is 5.03. The Morgan fingerprint density at radius 1 is 1.83 bits per heavy atom. The minimum Gasteiger partial charge on any atom is -0.465 e. The van der Waals surface area contributed by atoms with Crippen molar-refractivity contribution in [3.05, 3.63) is 11.5 Å². The fourth-order valence-electron chi connectivity index (χ4n) is 1.08. The molecule has 0 spiro atoms. The van der Waals surface area contributed by atoms with Gasteiger partial charge in [-0.2, -0.15) is 0 Å². The SMILES string of the molecule is C=C1C[C@H](C(=O)OCCC)CS1. The lowest BCUT2D eigenvalue weighted by molar-refractivity contribution is -0.147. The predicted molar refractivity (Wildman–Crippen MR) is 51.0 cm³/mol. The largest absolute Gasteiger partial charge is 0.465 e. The first-order valence-corrected chi connectivity index (χ1v) is 5.19. The molecule has 0 aromatic carbocycles. The molecule has 1 saturated heterocycles. The third-order valence-electron chi connectivity index (χ3n) is 1.74. The average molecular weight is 186 g/mol.